The first kappa shape index (κ1) is 13.6. The van der Waals surface area contributed by atoms with E-state index in [9.17, 15) is 9.59 Å². The second kappa shape index (κ2) is 6.33. The van der Waals surface area contributed by atoms with Gasteiger partial charge in [-0.25, -0.2) is 9.59 Å². The van der Waals surface area contributed by atoms with Crippen molar-refractivity contribution in [1.29, 1.82) is 0 Å². The summed E-state index contributed by atoms with van der Waals surface area (Å²) in [5, 5.41) is 17.0. The standard InChI is InChI=1S/C11H12O7/c1-16-11-7(17-5-9(12)13)3-2-4-8(11)18-6-10(14)15/h2-4H,5-6H2,1H3,(H,12,13)(H,14,15). The monoisotopic (exact) mass is 256 g/mol. The topological polar surface area (TPSA) is 102 Å². The van der Waals surface area contributed by atoms with Crippen LogP contribution in [-0.2, 0) is 9.59 Å². The van der Waals surface area contributed by atoms with Crippen molar-refractivity contribution in [1.82, 2.24) is 0 Å². The van der Waals surface area contributed by atoms with Crippen LogP contribution in [0.4, 0.5) is 0 Å². The number of carbonyl (C=O) groups is 2. The lowest BCUT2D eigenvalue weighted by atomic mass is 10.3. The minimum absolute atomic E-state index is 0.153. The van der Waals surface area contributed by atoms with Gasteiger partial charge in [-0.2, -0.15) is 0 Å². The SMILES string of the molecule is COc1c(OCC(=O)O)cccc1OCC(=O)O. The van der Waals surface area contributed by atoms with Crippen molar-refractivity contribution >= 4 is 11.9 Å². The lowest BCUT2D eigenvalue weighted by molar-refractivity contribution is -0.140. The third-order valence-electron chi connectivity index (χ3n) is 1.85. The third-order valence-corrected chi connectivity index (χ3v) is 1.85. The summed E-state index contributed by atoms with van der Waals surface area (Å²) in [6, 6.07) is 4.53. The fourth-order valence-corrected chi connectivity index (χ4v) is 1.20. The molecule has 7 heteroatoms. The molecule has 18 heavy (non-hydrogen) atoms. The molecule has 0 radical (unpaired) electrons. The number of methoxy groups -OCH3 is 1. The van der Waals surface area contributed by atoms with Crippen LogP contribution in [0.15, 0.2) is 18.2 Å². The van der Waals surface area contributed by atoms with E-state index in [1.54, 1.807) is 0 Å². The normalized spacial score (nSPS) is 9.61. The van der Waals surface area contributed by atoms with Crippen molar-refractivity contribution in [2.45, 2.75) is 0 Å². The van der Waals surface area contributed by atoms with Crippen molar-refractivity contribution in [3.05, 3.63) is 18.2 Å². The molecule has 0 fully saturated rings. The molecule has 0 atom stereocenters. The highest BCUT2D eigenvalue weighted by Crippen LogP contribution is 2.36. The summed E-state index contributed by atoms with van der Waals surface area (Å²) in [5.74, 6) is -1.77. The Hall–Kier alpha value is -2.44. The van der Waals surface area contributed by atoms with Gasteiger partial charge in [-0.3, -0.25) is 0 Å². The number of aliphatic carboxylic acids is 2. The molecule has 0 saturated heterocycles. The van der Waals surface area contributed by atoms with Crippen LogP contribution in [0.5, 0.6) is 17.2 Å². The van der Waals surface area contributed by atoms with Crippen LogP contribution in [0.1, 0.15) is 0 Å². The molecule has 0 aliphatic carbocycles. The van der Waals surface area contributed by atoms with Gasteiger partial charge in [0.05, 0.1) is 7.11 Å². The summed E-state index contributed by atoms with van der Waals surface area (Å²) in [5.41, 5.74) is 0. The lowest BCUT2D eigenvalue weighted by Crippen LogP contribution is -2.12. The summed E-state index contributed by atoms with van der Waals surface area (Å²) < 4.78 is 15.0. The average Bonchev–Trinajstić information content (AvgIpc) is 2.33. The summed E-state index contributed by atoms with van der Waals surface area (Å²) in [7, 11) is 1.34. The smallest absolute Gasteiger partial charge is 0.341 e. The van der Waals surface area contributed by atoms with Gasteiger partial charge < -0.3 is 24.4 Å². The zero-order valence-corrected chi connectivity index (χ0v) is 9.58. The fraction of sp³-hybridized carbons (Fsp3) is 0.273. The molecule has 1 aromatic carbocycles. The predicted octanol–water partition coefficient (Wildman–Crippen LogP) is 0.622. The second-order valence-electron chi connectivity index (χ2n) is 3.15. The van der Waals surface area contributed by atoms with Crippen molar-refractivity contribution in [3.63, 3.8) is 0 Å². The predicted molar refractivity (Wildman–Crippen MR) is 59.3 cm³/mol. The number of carboxylic acids is 2. The molecule has 0 heterocycles. The Bertz CT molecular complexity index is 405. The van der Waals surface area contributed by atoms with E-state index in [4.69, 9.17) is 24.4 Å². The Morgan fingerprint density at radius 2 is 1.50 bits per heavy atom. The minimum Gasteiger partial charge on any atom is -0.490 e. The molecule has 1 aromatic rings. The van der Waals surface area contributed by atoms with Gasteiger partial charge >= 0.3 is 11.9 Å². The number of carboxylic acid groups (broad SMARTS) is 2. The Balaban J connectivity index is 2.87. The van der Waals surface area contributed by atoms with E-state index in [1.165, 1.54) is 25.3 Å². The van der Waals surface area contributed by atoms with Gasteiger partial charge in [-0.1, -0.05) is 6.07 Å². The quantitative estimate of drug-likeness (QED) is 0.737. The zero-order chi connectivity index (χ0) is 13.5. The van der Waals surface area contributed by atoms with Crippen molar-refractivity contribution in [2.75, 3.05) is 20.3 Å². The maximum atomic E-state index is 10.4. The average molecular weight is 256 g/mol. The molecule has 0 bridgehead atoms. The van der Waals surface area contributed by atoms with Crippen LogP contribution in [0.2, 0.25) is 0 Å². The van der Waals surface area contributed by atoms with E-state index in [0.29, 0.717) is 0 Å². The number of para-hydroxylation sites is 1. The Kier molecular flexibility index (Phi) is 4.79. The molecule has 0 amide bonds. The third kappa shape index (κ3) is 3.85. The van der Waals surface area contributed by atoms with Crippen LogP contribution < -0.4 is 14.2 Å². The molecule has 1 rings (SSSR count). The summed E-state index contributed by atoms with van der Waals surface area (Å²) >= 11 is 0. The lowest BCUT2D eigenvalue weighted by Gasteiger charge is -2.13. The molecular formula is C11H12O7. The molecule has 0 unspecified atom stereocenters. The van der Waals surface area contributed by atoms with Crippen molar-refractivity contribution in [2.24, 2.45) is 0 Å². The van der Waals surface area contributed by atoms with Gasteiger partial charge in [-0.05, 0) is 12.1 Å². The number of hydrogen-bond donors (Lipinski definition) is 2. The summed E-state index contributed by atoms with van der Waals surface area (Å²) in [6.07, 6.45) is 0. The first-order valence-electron chi connectivity index (χ1n) is 4.90. The van der Waals surface area contributed by atoms with E-state index in [2.05, 4.69) is 0 Å². The number of hydrogen-bond acceptors (Lipinski definition) is 5. The first-order chi connectivity index (χ1) is 8.54. The first-order valence-corrected chi connectivity index (χ1v) is 4.90. The van der Waals surface area contributed by atoms with Crippen LogP contribution in [0.25, 0.3) is 0 Å². The van der Waals surface area contributed by atoms with Crippen LogP contribution in [0.3, 0.4) is 0 Å². The Labute approximate surface area is 103 Å². The molecule has 0 aromatic heterocycles. The maximum absolute atomic E-state index is 10.4. The molecule has 2 N–H and O–H groups in total. The number of rotatable bonds is 7. The van der Waals surface area contributed by atoms with Crippen molar-refractivity contribution in [3.8, 4) is 17.2 Å². The Morgan fingerprint density at radius 3 is 1.83 bits per heavy atom. The fourth-order valence-electron chi connectivity index (χ4n) is 1.20. The van der Waals surface area contributed by atoms with Crippen LogP contribution in [-0.4, -0.2) is 42.5 Å². The minimum atomic E-state index is -1.13. The molecule has 0 aliphatic heterocycles. The summed E-state index contributed by atoms with van der Waals surface area (Å²) in [6.45, 7) is -1.06. The second-order valence-corrected chi connectivity index (χ2v) is 3.15. The van der Waals surface area contributed by atoms with E-state index in [-0.39, 0.29) is 17.2 Å². The maximum Gasteiger partial charge on any atom is 0.341 e. The highest BCUT2D eigenvalue weighted by atomic mass is 16.5. The van der Waals surface area contributed by atoms with Crippen LogP contribution in [0, 0.1) is 0 Å². The summed E-state index contributed by atoms with van der Waals surface area (Å²) in [4.78, 5) is 20.8. The molecule has 0 spiro atoms. The molecule has 7 nitrogen and oxygen atoms in total. The molecule has 0 saturated carbocycles. The highest BCUT2D eigenvalue weighted by Gasteiger charge is 2.13. The molecule has 98 valence electrons. The van der Waals surface area contributed by atoms with Crippen LogP contribution >= 0.6 is 0 Å². The van der Waals surface area contributed by atoms with E-state index in [1.807, 2.05) is 0 Å². The largest absolute Gasteiger partial charge is 0.490 e. The van der Waals surface area contributed by atoms with Gasteiger partial charge in [0.25, 0.3) is 0 Å². The van der Waals surface area contributed by atoms with E-state index < -0.39 is 25.2 Å². The zero-order valence-electron chi connectivity index (χ0n) is 9.58. The Morgan fingerprint density at radius 1 is 1.06 bits per heavy atom. The van der Waals surface area contributed by atoms with Gasteiger partial charge in [-0.15, -0.1) is 0 Å². The van der Waals surface area contributed by atoms with Gasteiger partial charge in [0.15, 0.2) is 24.7 Å². The van der Waals surface area contributed by atoms with Crippen molar-refractivity contribution < 1.29 is 34.0 Å². The van der Waals surface area contributed by atoms with E-state index in [0.717, 1.165) is 0 Å². The molecule has 0 aliphatic rings. The number of benzene rings is 1. The number of ether oxygens (including phenoxy) is 3. The molecular weight excluding hydrogens is 244 g/mol. The highest BCUT2D eigenvalue weighted by molar-refractivity contribution is 5.69. The van der Waals surface area contributed by atoms with Gasteiger partial charge in [0.1, 0.15) is 0 Å². The van der Waals surface area contributed by atoms with E-state index >= 15 is 0 Å². The van der Waals surface area contributed by atoms with Gasteiger partial charge in [0, 0.05) is 0 Å². The van der Waals surface area contributed by atoms with Gasteiger partial charge in [0.2, 0.25) is 5.75 Å².